The van der Waals surface area contributed by atoms with Gasteiger partial charge in [-0.25, -0.2) is 0 Å². The number of fused-ring (bicyclic) bond motifs is 1. The van der Waals surface area contributed by atoms with Crippen LogP contribution in [0.15, 0.2) is 6.20 Å². The van der Waals surface area contributed by atoms with E-state index in [4.69, 9.17) is 0 Å². The number of carbonyl (C=O) groups excluding carboxylic acids is 1. The fourth-order valence-electron chi connectivity index (χ4n) is 2.94. The minimum atomic E-state index is 0.209. The molecule has 0 atom stereocenters. The highest BCUT2D eigenvalue weighted by Crippen LogP contribution is 2.22. The highest BCUT2D eigenvalue weighted by molar-refractivity contribution is 5.97. The van der Waals surface area contributed by atoms with Gasteiger partial charge in [-0.05, 0) is 51.4 Å². The van der Waals surface area contributed by atoms with Gasteiger partial charge in [0.05, 0.1) is 5.56 Å². The Kier molecular flexibility index (Phi) is 6.26. The summed E-state index contributed by atoms with van der Waals surface area (Å²) in [4.78, 5) is 18.1. The molecule has 0 radical (unpaired) electrons. The molecule has 0 fully saturated rings. The molecule has 2 rings (SSSR count). The van der Waals surface area contributed by atoms with Crippen molar-refractivity contribution >= 4 is 5.91 Å². The van der Waals surface area contributed by atoms with Crippen LogP contribution in [-0.2, 0) is 12.8 Å². The molecule has 0 saturated carbocycles. The fourth-order valence-corrected chi connectivity index (χ4v) is 2.94. The first kappa shape index (κ1) is 16.0. The van der Waals surface area contributed by atoms with Crippen molar-refractivity contribution in [3.63, 3.8) is 0 Å². The minimum Gasteiger partial charge on any atom is -0.364 e. The van der Waals surface area contributed by atoms with Crippen LogP contribution >= 0.6 is 0 Å². The summed E-state index contributed by atoms with van der Waals surface area (Å²) < 4.78 is 0. The van der Waals surface area contributed by atoms with Gasteiger partial charge < -0.3 is 20.5 Å². The van der Waals surface area contributed by atoms with Crippen LogP contribution in [0.25, 0.3) is 0 Å². The standard InChI is InChI=1S/C16H28N4O/c1-3-18-9-11-20-10-5-7-14-15(16(20)21)13(12-19-14)6-4-8-17-2/h12,17-19H,3-11H2,1-2H3. The Morgan fingerprint density at radius 3 is 3.00 bits per heavy atom. The number of nitrogens with zero attached hydrogens (tertiary/aromatic N) is 1. The Bertz CT molecular complexity index is 455. The van der Waals surface area contributed by atoms with E-state index in [-0.39, 0.29) is 5.91 Å². The van der Waals surface area contributed by atoms with Gasteiger partial charge in [-0.3, -0.25) is 4.79 Å². The highest BCUT2D eigenvalue weighted by Gasteiger charge is 2.25. The van der Waals surface area contributed by atoms with Gasteiger partial charge in [-0.2, -0.15) is 0 Å². The molecule has 21 heavy (non-hydrogen) atoms. The first-order valence-corrected chi connectivity index (χ1v) is 8.11. The quantitative estimate of drug-likeness (QED) is 0.630. The summed E-state index contributed by atoms with van der Waals surface area (Å²) in [7, 11) is 1.96. The van der Waals surface area contributed by atoms with Crippen LogP contribution in [0.2, 0.25) is 0 Å². The largest absolute Gasteiger partial charge is 0.364 e. The first-order chi connectivity index (χ1) is 10.3. The second-order valence-electron chi connectivity index (χ2n) is 5.62. The zero-order chi connectivity index (χ0) is 15.1. The normalized spacial score (nSPS) is 15.1. The van der Waals surface area contributed by atoms with Gasteiger partial charge in [0.2, 0.25) is 0 Å². The summed E-state index contributed by atoms with van der Waals surface area (Å²) >= 11 is 0. The predicted molar refractivity (Wildman–Crippen MR) is 85.8 cm³/mol. The van der Waals surface area contributed by atoms with E-state index < -0.39 is 0 Å². The molecule has 118 valence electrons. The second-order valence-corrected chi connectivity index (χ2v) is 5.62. The Balaban J connectivity index is 2.07. The monoisotopic (exact) mass is 292 g/mol. The van der Waals surface area contributed by atoms with Gasteiger partial charge >= 0.3 is 0 Å². The molecule has 0 saturated heterocycles. The molecule has 3 N–H and O–H groups in total. The molecular weight excluding hydrogens is 264 g/mol. The van der Waals surface area contributed by atoms with Crippen molar-refractivity contribution in [2.24, 2.45) is 0 Å². The van der Waals surface area contributed by atoms with Crippen LogP contribution in [-0.4, -0.2) is 55.6 Å². The number of aromatic nitrogens is 1. The molecular formula is C16H28N4O. The van der Waals surface area contributed by atoms with Crippen LogP contribution in [0.3, 0.4) is 0 Å². The van der Waals surface area contributed by atoms with Crippen molar-refractivity contribution in [3.05, 3.63) is 23.0 Å². The molecule has 1 aliphatic heterocycles. The fraction of sp³-hybridized carbons (Fsp3) is 0.688. The van der Waals surface area contributed by atoms with E-state index in [2.05, 4.69) is 22.5 Å². The molecule has 0 aromatic carbocycles. The molecule has 5 nitrogen and oxygen atoms in total. The van der Waals surface area contributed by atoms with Crippen LogP contribution in [0.4, 0.5) is 0 Å². The number of aromatic amines is 1. The summed E-state index contributed by atoms with van der Waals surface area (Å²) in [6.07, 6.45) is 6.07. The lowest BCUT2D eigenvalue weighted by Gasteiger charge is -2.21. The van der Waals surface area contributed by atoms with Crippen molar-refractivity contribution in [2.45, 2.75) is 32.6 Å². The topological polar surface area (TPSA) is 60.2 Å². The third kappa shape index (κ3) is 4.08. The van der Waals surface area contributed by atoms with E-state index in [1.54, 1.807) is 0 Å². The highest BCUT2D eigenvalue weighted by atomic mass is 16.2. The minimum absolute atomic E-state index is 0.209. The summed E-state index contributed by atoms with van der Waals surface area (Å²) in [5.74, 6) is 0.209. The summed E-state index contributed by atoms with van der Waals surface area (Å²) in [6.45, 7) is 6.56. The van der Waals surface area contributed by atoms with Crippen molar-refractivity contribution < 1.29 is 4.79 Å². The summed E-state index contributed by atoms with van der Waals surface area (Å²) in [5, 5.41) is 6.46. The van der Waals surface area contributed by atoms with Crippen LogP contribution < -0.4 is 10.6 Å². The van der Waals surface area contributed by atoms with E-state index in [0.717, 1.165) is 69.7 Å². The molecule has 0 bridgehead atoms. The molecule has 0 aliphatic carbocycles. The molecule has 1 amide bonds. The third-order valence-electron chi connectivity index (χ3n) is 4.08. The number of carbonyl (C=O) groups is 1. The van der Waals surface area contributed by atoms with Crippen LogP contribution in [0.1, 0.15) is 41.4 Å². The lowest BCUT2D eigenvalue weighted by atomic mass is 10.0. The van der Waals surface area contributed by atoms with E-state index in [9.17, 15) is 4.79 Å². The number of likely N-dealkylation sites (N-methyl/N-ethyl adjacent to an activating group) is 1. The molecule has 2 heterocycles. The Labute approximate surface area is 127 Å². The molecule has 0 unspecified atom stereocenters. The number of rotatable bonds is 8. The van der Waals surface area contributed by atoms with E-state index in [1.165, 1.54) is 5.56 Å². The second kappa shape index (κ2) is 8.20. The number of aryl methyl sites for hydroxylation is 2. The molecule has 0 spiro atoms. The SMILES string of the molecule is CCNCCN1CCCc2[nH]cc(CCCNC)c2C1=O. The van der Waals surface area contributed by atoms with Crippen molar-refractivity contribution in [3.8, 4) is 0 Å². The number of H-pyrrole nitrogens is 1. The van der Waals surface area contributed by atoms with Gasteiger partial charge in [0.25, 0.3) is 5.91 Å². The Hall–Kier alpha value is -1.33. The van der Waals surface area contributed by atoms with Crippen LogP contribution in [0.5, 0.6) is 0 Å². The summed E-state index contributed by atoms with van der Waals surface area (Å²) in [6, 6.07) is 0. The maximum atomic E-state index is 12.8. The number of hydrogen-bond acceptors (Lipinski definition) is 3. The smallest absolute Gasteiger partial charge is 0.256 e. The number of amides is 1. The van der Waals surface area contributed by atoms with E-state index in [1.807, 2.05) is 18.1 Å². The third-order valence-corrected chi connectivity index (χ3v) is 4.08. The molecule has 1 aliphatic rings. The lowest BCUT2D eigenvalue weighted by molar-refractivity contribution is 0.0761. The van der Waals surface area contributed by atoms with Gasteiger partial charge in [-0.15, -0.1) is 0 Å². The van der Waals surface area contributed by atoms with Crippen molar-refractivity contribution in [1.29, 1.82) is 0 Å². The molecule has 1 aromatic heterocycles. The lowest BCUT2D eigenvalue weighted by Crippen LogP contribution is -2.37. The van der Waals surface area contributed by atoms with Gasteiger partial charge in [0, 0.05) is 31.5 Å². The van der Waals surface area contributed by atoms with Crippen molar-refractivity contribution in [2.75, 3.05) is 39.8 Å². The predicted octanol–water partition coefficient (Wildman–Crippen LogP) is 1.16. The van der Waals surface area contributed by atoms with Gasteiger partial charge in [0.15, 0.2) is 0 Å². The van der Waals surface area contributed by atoms with E-state index in [0.29, 0.717) is 0 Å². The number of hydrogen-bond donors (Lipinski definition) is 3. The Morgan fingerprint density at radius 2 is 2.24 bits per heavy atom. The zero-order valence-electron chi connectivity index (χ0n) is 13.3. The number of nitrogens with one attached hydrogen (secondary N) is 3. The van der Waals surface area contributed by atoms with Crippen LogP contribution in [0, 0.1) is 0 Å². The average molecular weight is 292 g/mol. The average Bonchev–Trinajstić information content (AvgIpc) is 2.81. The first-order valence-electron chi connectivity index (χ1n) is 8.11. The maximum absolute atomic E-state index is 12.8. The van der Waals surface area contributed by atoms with Gasteiger partial charge in [-0.1, -0.05) is 6.92 Å². The molecule has 1 aromatic rings. The van der Waals surface area contributed by atoms with E-state index >= 15 is 0 Å². The summed E-state index contributed by atoms with van der Waals surface area (Å²) in [5.41, 5.74) is 3.26. The molecule has 5 heteroatoms. The maximum Gasteiger partial charge on any atom is 0.256 e. The Morgan fingerprint density at radius 1 is 1.38 bits per heavy atom. The van der Waals surface area contributed by atoms with Gasteiger partial charge in [0.1, 0.15) is 0 Å². The van der Waals surface area contributed by atoms with Crippen molar-refractivity contribution in [1.82, 2.24) is 20.5 Å². The zero-order valence-corrected chi connectivity index (χ0v) is 13.3.